The van der Waals surface area contributed by atoms with Crippen molar-refractivity contribution in [1.82, 2.24) is 10.2 Å². The van der Waals surface area contributed by atoms with Crippen LogP contribution in [0, 0.1) is 0 Å². The van der Waals surface area contributed by atoms with Crippen LogP contribution in [-0.2, 0) is 4.79 Å². The molecule has 32 heavy (non-hydrogen) atoms. The van der Waals surface area contributed by atoms with E-state index < -0.39 is 0 Å². The highest BCUT2D eigenvalue weighted by atomic mass is 16.5. The van der Waals surface area contributed by atoms with E-state index in [-0.39, 0.29) is 36.1 Å². The number of piperidine rings is 1. The molecule has 3 amide bonds. The van der Waals surface area contributed by atoms with Crippen molar-refractivity contribution in [2.24, 2.45) is 0 Å². The van der Waals surface area contributed by atoms with Crippen LogP contribution in [0.4, 0.5) is 5.69 Å². The summed E-state index contributed by atoms with van der Waals surface area (Å²) in [7, 11) is 0. The van der Waals surface area contributed by atoms with Gasteiger partial charge in [0.2, 0.25) is 0 Å². The summed E-state index contributed by atoms with van der Waals surface area (Å²) in [4.78, 5) is 38.4. The fraction of sp³-hybridized carbons (Fsp3) is 0.261. The summed E-state index contributed by atoms with van der Waals surface area (Å²) >= 11 is 0. The summed E-state index contributed by atoms with van der Waals surface area (Å²) < 4.78 is 15.8. The Bertz CT molecular complexity index is 1050. The fourth-order valence-electron chi connectivity index (χ4n) is 3.47. The molecule has 1 fully saturated rings. The molecule has 1 saturated heterocycles. The molecule has 166 valence electrons. The van der Waals surface area contributed by atoms with E-state index in [4.69, 9.17) is 13.6 Å². The summed E-state index contributed by atoms with van der Waals surface area (Å²) in [5.41, 5.74) is 0.526. The zero-order valence-electron chi connectivity index (χ0n) is 17.3. The van der Waals surface area contributed by atoms with E-state index in [1.54, 1.807) is 53.4 Å². The molecule has 0 unspecified atom stereocenters. The van der Waals surface area contributed by atoms with Crippen molar-refractivity contribution in [1.29, 1.82) is 0 Å². The van der Waals surface area contributed by atoms with Gasteiger partial charge in [-0.2, -0.15) is 0 Å². The standard InChI is InChI=1S/C23H23N3O6/c27-21(24-16-8-10-26(11-9-16)23(29)20-7-3-13-31-20)15-32-18-5-1-4-17(14-18)25-22(28)19-6-2-12-30-19/h1-7,12-14,16H,8-11,15H2,(H,24,27)(H,25,28). The third-order valence-electron chi connectivity index (χ3n) is 5.09. The zero-order chi connectivity index (χ0) is 22.3. The molecule has 2 aromatic heterocycles. The average molecular weight is 437 g/mol. The van der Waals surface area contributed by atoms with Gasteiger partial charge in [0.15, 0.2) is 18.1 Å². The number of carbonyl (C=O) groups is 3. The molecule has 0 atom stereocenters. The van der Waals surface area contributed by atoms with E-state index in [9.17, 15) is 14.4 Å². The largest absolute Gasteiger partial charge is 0.484 e. The maximum absolute atomic E-state index is 12.3. The second kappa shape index (κ2) is 9.86. The van der Waals surface area contributed by atoms with Crippen LogP contribution in [0.5, 0.6) is 5.75 Å². The van der Waals surface area contributed by atoms with Crippen LogP contribution < -0.4 is 15.4 Å². The average Bonchev–Trinajstić information content (AvgIpc) is 3.53. The van der Waals surface area contributed by atoms with Gasteiger partial charge >= 0.3 is 0 Å². The van der Waals surface area contributed by atoms with Crippen molar-refractivity contribution in [2.75, 3.05) is 25.0 Å². The number of amides is 3. The van der Waals surface area contributed by atoms with E-state index >= 15 is 0 Å². The summed E-state index contributed by atoms with van der Waals surface area (Å²) in [6, 6.07) is 13.3. The highest BCUT2D eigenvalue weighted by Gasteiger charge is 2.25. The van der Waals surface area contributed by atoms with Gasteiger partial charge < -0.3 is 29.1 Å². The predicted molar refractivity (Wildman–Crippen MR) is 114 cm³/mol. The number of nitrogens with one attached hydrogen (secondary N) is 2. The zero-order valence-corrected chi connectivity index (χ0v) is 17.3. The van der Waals surface area contributed by atoms with Crippen molar-refractivity contribution in [3.05, 3.63) is 72.6 Å². The molecular formula is C23H23N3O6. The van der Waals surface area contributed by atoms with Gasteiger partial charge in [0, 0.05) is 30.9 Å². The van der Waals surface area contributed by atoms with Gasteiger partial charge in [-0.3, -0.25) is 14.4 Å². The molecule has 1 aromatic carbocycles. The first-order chi connectivity index (χ1) is 15.6. The highest BCUT2D eigenvalue weighted by molar-refractivity contribution is 6.02. The highest BCUT2D eigenvalue weighted by Crippen LogP contribution is 2.19. The van der Waals surface area contributed by atoms with Crippen LogP contribution in [0.3, 0.4) is 0 Å². The minimum Gasteiger partial charge on any atom is -0.484 e. The van der Waals surface area contributed by atoms with Crippen LogP contribution in [-0.4, -0.2) is 48.4 Å². The van der Waals surface area contributed by atoms with Crippen LogP contribution in [0.1, 0.15) is 34.0 Å². The molecule has 0 bridgehead atoms. The minimum absolute atomic E-state index is 0.0225. The first-order valence-electron chi connectivity index (χ1n) is 10.3. The second-order valence-electron chi connectivity index (χ2n) is 7.36. The fourth-order valence-corrected chi connectivity index (χ4v) is 3.47. The molecule has 2 N–H and O–H groups in total. The lowest BCUT2D eigenvalue weighted by molar-refractivity contribution is -0.124. The number of furan rings is 2. The lowest BCUT2D eigenvalue weighted by Gasteiger charge is -2.31. The number of nitrogens with zero attached hydrogens (tertiary/aromatic N) is 1. The molecule has 3 aromatic rings. The van der Waals surface area contributed by atoms with E-state index in [2.05, 4.69) is 10.6 Å². The Kier molecular flexibility index (Phi) is 6.54. The molecule has 0 radical (unpaired) electrons. The predicted octanol–water partition coefficient (Wildman–Crippen LogP) is 2.92. The quantitative estimate of drug-likeness (QED) is 0.588. The molecule has 1 aliphatic heterocycles. The van der Waals surface area contributed by atoms with Crippen LogP contribution >= 0.6 is 0 Å². The molecule has 0 spiro atoms. The van der Waals surface area contributed by atoms with Crippen LogP contribution in [0.25, 0.3) is 0 Å². The Hall–Kier alpha value is -4.01. The maximum Gasteiger partial charge on any atom is 0.291 e. The molecule has 9 nitrogen and oxygen atoms in total. The van der Waals surface area contributed by atoms with Crippen molar-refractivity contribution >= 4 is 23.4 Å². The molecule has 0 aliphatic carbocycles. The summed E-state index contributed by atoms with van der Waals surface area (Å²) in [5, 5.41) is 5.65. The monoisotopic (exact) mass is 437 g/mol. The minimum atomic E-state index is -0.373. The Morgan fingerprint density at radius 1 is 0.969 bits per heavy atom. The van der Waals surface area contributed by atoms with Gasteiger partial charge in [-0.1, -0.05) is 6.07 Å². The van der Waals surface area contributed by atoms with E-state index in [1.165, 1.54) is 12.5 Å². The van der Waals surface area contributed by atoms with E-state index in [1.807, 2.05) is 0 Å². The van der Waals surface area contributed by atoms with Crippen LogP contribution in [0.2, 0.25) is 0 Å². The van der Waals surface area contributed by atoms with Crippen molar-refractivity contribution in [3.8, 4) is 5.75 Å². The number of hydrogen-bond donors (Lipinski definition) is 2. The van der Waals surface area contributed by atoms with Gasteiger partial charge in [-0.05, 0) is 49.2 Å². The summed E-state index contributed by atoms with van der Waals surface area (Å²) in [6.45, 7) is 0.937. The maximum atomic E-state index is 12.3. The number of anilines is 1. The molecule has 9 heteroatoms. The Balaban J connectivity index is 1.21. The lowest BCUT2D eigenvalue weighted by Crippen LogP contribution is -2.47. The Labute approximate surface area is 184 Å². The van der Waals surface area contributed by atoms with Crippen LogP contribution in [0.15, 0.2) is 69.9 Å². The van der Waals surface area contributed by atoms with Gasteiger partial charge in [0.05, 0.1) is 12.5 Å². The third-order valence-corrected chi connectivity index (χ3v) is 5.09. The number of hydrogen-bond acceptors (Lipinski definition) is 6. The van der Waals surface area contributed by atoms with Crippen molar-refractivity contribution < 1.29 is 28.0 Å². The van der Waals surface area contributed by atoms with Gasteiger partial charge in [-0.15, -0.1) is 0 Å². The molecular weight excluding hydrogens is 414 g/mol. The third kappa shape index (κ3) is 5.37. The molecule has 4 rings (SSSR count). The summed E-state index contributed by atoms with van der Waals surface area (Å²) in [6.07, 6.45) is 4.22. The van der Waals surface area contributed by atoms with Gasteiger partial charge in [0.25, 0.3) is 17.7 Å². The van der Waals surface area contributed by atoms with E-state index in [0.717, 1.165) is 0 Å². The van der Waals surface area contributed by atoms with Crippen molar-refractivity contribution in [2.45, 2.75) is 18.9 Å². The number of likely N-dealkylation sites (tertiary alicyclic amines) is 1. The normalized spacial score (nSPS) is 14.1. The molecule has 0 saturated carbocycles. The smallest absolute Gasteiger partial charge is 0.291 e. The SMILES string of the molecule is O=C(COc1cccc(NC(=O)c2ccco2)c1)NC1CCN(C(=O)c2ccco2)CC1. The summed E-state index contributed by atoms with van der Waals surface area (Å²) in [5.74, 6) is 0.224. The first-order valence-corrected chi connectivity index (χ1v) is 10.3. The molecule has 3 heterocycles. The molecule has 1 aliphatic rings. The van der Waals surface area contributed by atoms with E-state index in [0.29, 0.717) is 43.1 Å². The second-order valence-corrected chi connectivity index (χ2v) is 7.36. The van der Waals surface area contributed by atoms with Gasteiger partial charge in [-0.25, -0.2) is 0 Å². The number of carbonyl (C=O) groups excluding carboxylic acids is 3. The topological polar surface area (TPSA) is 114 Å². The Morgan fingerprint density at radius 3 is 2.38 bits per heavy atom. The number of benzene rings is 1. The Morgan fingerprint density at radius 2 is 1.69 bits per heavy atom. The van der Waals surface area contributed by atoms with Crippen molar-refractivity contribution in [3.63, 3.8) is 0 Å². The lowest BCUT2D eigenvalue weighted by atomic mass is 10.0. The van der Waals surface area contributed by atoms with Gasteiger partial charge in [0.1, 0.15) is 5.75 Å². The number of rotatable bonds is 7. The first kappa shape index (κ1) is 21.2. The number of ether oxygens (including phenoxy) is 1.